The number of hydrogen-bond acceptors (Lipinski definition) is 4. The Morgan fingerprint density at radius 2 is 1.71 bits per heavy atom. The fourth-order valence-corrected chi connectivity index (χ4v) is 3.20. The molecule has 0 saturated heterocycles. The van der Waals surface area contributed by atoms with E-state index in [0.29, 0.717) is 16.3 Å². The lowest BCUT2D eigenvalue weighted by molar-refractivity contribution is -0.142. The molecule has 8 heteroatoms. The molecule has 0 aliphatic carbocycles. The van der Waals surface area contributed by atoms with Gasteiger partial charge in [-0.2, -0.15) is 0 Å². The fourth-order valence-electron chi connectivity index (χ4n) is 2.13. The van der Waals surface area contributed by atoms with Gasteiger partial charge in [0.05, 0.1) is 15.6 Å². The molecule has 1 unspecified atom stereocenters. The topological polar surface area (TPSA) is 83.5 Å². The Balaban J connectivity index is 2.45. The van der Waals surface area contributed by atoms with E-state index in [4.69, 9.17) is 23.2 Å². The fraction of sp³-hybridized carbons (Fsp3) is 0.188. The van der Waals surface area contributed by atoms with E-state index >= 15 is 0 Å². The minimum absolute atomic E-state index is 0.0570. The average molecular weight is 388 g/mol. The summed E-state index contributed by atoms with van der Waals surface area (Å²) in [5.41, 5.74) is -0.688. The average Bonchev–Trinajstić information content (AvgIpc) is 2.48. The van der Waals surface area contributed by atoms with E-state index in [0.717, 1.165) is 6.26 Å². The van der Waals surface area contributed by atoms with Crippen LogP contribution in [-0.4, -0.2) is 25.7 Å². The van der Waals surface area contributed by atoms with Crippen molar-refractivity contribution in [1.29, 1.82) is 0 Å². The van der Waals surface area contributed by atoms with Gasteiger partial charge in [0, 0.05) is 11.3 Å². The maximum Gasteiger partial charge on any atom is 0.333 e. The van der Waals surface area contributed by atoms with Gasteiger partial charge in [-0.3, -0.25) is 0 Å². The third-order valence-electron chi connectivity index (χ3n) is 3.60. The van der Waals surface area contributed by atoms with Crippen molar-refractivity contribution >= 4 is 44.7 Å². The van der Waals surface area contributed by atoms with Crippen LogP contribution < -0.4 is 5.32 Å². The van der Waals surface area contributed by atoms with Crippen molar-refractivity contribution in [2.75, 3.05) is 11.6 Å². The molecule has 2 rings (SSSR count). The number of aliphatic carboxylic acids is 1. The second kappa shape index (κ2) is 6.63. The molecule has 2 N–H and O–H groups in total. The predicted octanol–water partition coefficient (Wildman–Crippen LogP) is 3.81. The molecule has 0 amide bonds. The highest BCUT2D eigenvalue weighted by Crippen LogP contribution is 2.32. The molecule has 1 atom stereocenters. The molecule has 0 aliphatic rings. The zero-order valence-electron chi connectivity index (χ0n) is 12.9. The van der Waals surface area contributed by atoms with Crippen molar-refractivity contribution in [3.8, 4) is 0 Å². The van der Waals surface area contributed by atoms with Crippen LogP contribution >= 0.6 is 23.2 Å². The first-order chi connectivity index (χ1) is 11.0. The Bertz CT molecular complexity index is 881. The minimum atomic E-state index is -3.40. The quantitative estimate of drug-likeness (QED) is 0.814. The Kier molecular flexibility index (Phi) is 5.13. The van der Waals surface area contributed by atoms with Crippen LogP contribution in [-0.2, 0) is 20.2 Å². The molecular formula is C16H15Cl2NO4S. The van der Waals surface area contributed by atoms with Gasteiger partial charge in [-0.05, 0) is 42.8 Å². The van der Waals surface area contributed by atoms with Gasteiger partial charge < -0.3 is 10.4 Å². The van der Waals surface area contributed by atoms with Crippen molar-refractivity contribution in [2.45, 2.75) is 17.4 Å². The number of rotatable bonds is 5. The van der Waals surface area contributed by atoms with Gasteiger partial charge in [0.1, 0.15) is 0 Å². The van der Waals surface area contributed by atoms with Crippen molar-refractivity contribution in [3.05, 3.63) is 58.1 Å². The number of carboxylic acids is 1. The summed E-state index contributed by atoms with van der Waals surface area (Å²) in [5, 5.41) is 13.1. The molecule has 24 heavy (non-hydrogen) atoms. The molecule has 0 saturated carbocycles. The lowest BCUT2D eigenvalue weighted by atomic mass is 9.91. The molecule has 0 aromatic heterocycles. The molecule has 128 valence electrons. The van der Waals surface area contributed by atoms with Crippen LogP contribution in [0.4, 0.5) is 5.69 Å². The van der Waals surface area contributed by atoms with Crippen molar-refractivity contribution in [2.24, 2.45) is 0 Å². The molecule has 2 aromatic rings. The van der Waals surface area contributed by atoms with E-state index in [2.05, 4.69) is 5.32 Å². The number of halogens is 2. The molecule has 0 spiro atoms. The molecule has 0 radical (unpaired) electrons. The number of sulfone groups is 1. The Labute approximate surface area is 150 Å². The summed E-state index contributed by atoms with van der Waals surface area (Å²) < 4.78 is 23.1. The second-order valence-electron chi connectivity index (χ2n) is 5.48. The van der Waals surface area contributed by atoms with Gasteiger partial charge in [0.15, 0.2) is 15.4 Å². The van der Waals surface area contributed by atoms with Crippen molar-refractivity contribution in [3.63, 3.8) is 0 Å². The third-order valence-corrected chi connectivity index (χ3v) is 5.28. The first kappa shape index (κ1) is 18.6. The highest BCUT2D eigenvalue weighted by atomic mass is 35.5. The number of carboxylic acid groups (broad SMARTS) is 1. The minimum Gasteiger partial charge on any atom is -0.479 e. The smallest absolute Gasteiger partial charge is 0.333 e. The summed E-state index contributed by atoms with van der Waals surface area (Å²) in [5.74, 6) is -1.12. The molecular weight excluding hydrogens is 373 g/mol. The van der Waals surface area contributed by atoms with E-state index in [-0.39, 0.29) is 9.92 Å². The second-order valence-corrected chi connectivity index (χ2v) is 8.34. The molecule has 5 nitrogen and oxygen atoms in total. The Morgan fingerprint density at radius 1 is 1.12 bits per heavy atom. The largest absolute Gasteiger partial charge is 0.479 e. The van der Waals surface area contributed by atoms with E-state index < -0.39 is 21.3 Å². The standard InChI is InChI=1S/C16H15Cl2NO4S/c1-16(15(20)21,10-3-5-11(17)6-4-10)19-14-8-7-12(9-13(14)18)24(2,22)23/h3-9,19H,1-2H3,(H,20,21). The van der Waals surface area contributed by atoms with Gasteiger partial charge in [0.2, 0.25) is 0 Å². The summed E-state index contributed by atoms with van der Waals surface area (Å²) in [6.07, 6.45) is 1.07. The number of benzene rings is 2. The van der Waals surface area contributed by atoms with Gasteiger partial charge >= 0.3 is 5.97 Å². The van der Waals surface area contributed by atoms with Crippen LogP contribution in [0.15, 0.2) is 47.4 Å². The van der Waals surface area contributed by atoms with Gasteiger partial charge in [0.25, 0.3) is 0 Å². The molecule has 0 heterocycles. The Morgan fingerprint density at radius 3 is 2.17 bits per heavy atom. The monoisotopic (exact) mass is 387 g/mol. The van der Waals surface area contributed by atoms with Crippen molar-refractivity contribution < 1.29 is 18.3 Å². The van der Waals surface area contributed by atoms with Gasteiger partial charge in [-0.15, -0.1) is 0 Å². The van der Waals surface area contributed by atoms with E-state index in [1.165, 1.54) is 25.1 Å². The van der Waals surface area contributed by atoms with Gasteiger partial charge in [-0.1, -0.05) is 35.3 Å². The lowest BCUT2D eigenvalue weighted by Gasteiger charge is -2.28. The number of carbonyl (C=O) groups is 1. The normalized spacial score (nSPS) is 14.0. The lowest BCUT2D eigenvalue weighted by Crippen LogP contribution is -2.40. The van der Waals surface area contributed by atoms with E-state index in [1.54, 1.807) is 24.3 Å². The predicted molar refractivity (Wildman–Crippen MR) is 94.6 cm³/mol. The van der Waals surface area contributed by atoms with Crippen LogP contribution in [0.2, 0.25) is 10.0 Å². The Hall–Kier alpha value is -1.76. The highest BCUT2D eigenvalue weighted by Gasteiger charge is 2.35. The summed E-state index contributed by atoms with van der Waals surface area (Å²) >= 11 is 12.0. The summed E-state index contributed by atoms with van der Waals surface area (Å²) in [6.45, 7) is 1.49. The first-order valence-corrected chi connectivity index (χ1v) is 9.46. The maximum atomic E-state index is 11.8. The molecule has 2 aromatic carbocycles. The highest BCUT2D eigenvalue weighted by molar-refractivity contribution is 7.90. The van der Waals surface area contributed by atoms with E-state index in [9.17, 15) is 18.3 Å². The molecule has 0 fully saturated rings. The zero-order chi connectivity index (χ0) is 18.1. The van der Waals surface area contributed by atoms with E-state index in [1.807, 2.05) is 0 Å². The summed E-state index contributed by atoms with van der Waals surface area (Å²) in [6, 6.07) is 10.5. The molecule has 0 bridgehead atoms. The maximum absolute atomic E-state index is 11.8. The van der Waals surface area contributed by atoms with Crippen molar-refractivity contribution in [1.82, 2.24) is 0 Å². The number of anilines is 1. The summed E-state index contributed by atoms with van der Waals surface area (Å²) in [4.78, 5) is 11.9. The van der Waals surface area contributed by atoms with Crippen LogP contribution in [0.1, 0.15) is 12.5 Å². The van der Waals surface area contributed by atoms with Gasteiger partial charge in [-0.25, -0.2) is 13.2 Å². The van der Waals surface area contributed by atoms with Crippen LogP contribution in [0.5, 0.6) is 0 Å². The zero-order valence-corrected chi connectivity index (χ0v) is 15.2. The molecule has 0 aliphatic heterocycles. The third kappa shape index (κ3) is 3.83. The number of hydrogen-bond donors (Lipinski definition) is 2. The van der Waals surface area contributed by atoms with Crippen LogP contribution in [0, 0.1) is 0 Å². The SMILES string of the molecule is CC(Nc1ccc(S(C)(=O)=O)cc1Cl)(C(=O)O)c1ccc(Cl)cc1. The first-order valence-electron chi connectivity index (χ1n) is 6.81. The van der Waals surface area contributed by atoms with Crippen LogP contribution in [0.25, 0.3) is 0 Å². The summed E-state index contributed by atoms with van der Waals surface area (Å²) in [7, 11) is -3.40. The van der Waals surface area contributed by atoms with Crippen LogP contribution in [0.3, 0.4) is 0 Å². The number of nitrogens with one attached hydrogen (secondary N) is 1.